The molecule has 0 bridgehead atoms. The van der Waals surface area contributed by atoms with E-state index in [1.807, 2.05) is 11.9 Å². The Morgan fingerprint density at radius 1 is 1.29 bits per heavy atom. The van der Waals surface area contributed by atoms with Crippen LogP contribution in [0.2, 0.25) is 0 Å². The van der Waals surface area contributed by atoms with Crippen LogP contribution in [0.4, 0.5) is 0 Å². The van der Waals surface area contributed by atoms with Crippen molar-refractivity contribution in [1.82, 2.24) is 9.80 Å². The predicted molar refractivity (Wildman–Crippen MR) is 89.5 cm³/mol. The van der Waals surface area contributed by atoms with Gasteiger partial charge in [-0.2, -0.15) is 0 Å². The average molecular weight is 305 g/mol. The van der Waals surface area contributed by atoms with Crippen molar-refractivity contribution in [3.05, 3.63) is 35.4 Å². The lowest BCUT2D eigenvalue weighted by Gasteiger charge is -2.31. The number of nitrogens with zero attached hydrogens (tertiary/aromatic N) is 2. The molecule has 1 heterocycles. The Bertz CT molecular complexity index is 507. The molecule has 5 heteroatoms. The first-order chi connectivity index (χ1) is 9.97. The van der Waals surface area contributed by atoms with E-state index in [9.17, 15) is 4.79 Å². The lowest BCUT2D eigenvalue weighted by Crippen LogP contribution is -2.37. The van der Waals surface area contributed by atoms with Crippen molar-refractivity contribution >= 4 is 23.1 Å². The molecule has 0 saturated carbocycles. The van der Waals surface area contributed by atoms with Crippen LogP contribution in [0.5, 0.6) is 0 Å². The van der Waals surface area contributed by atoms with E-state index in [1.54, 1.807) is 24.3 Å². The minimum atomic E-state index is 0.0587. The van der Waals surface area contributed by atoms with E-state index in [0.29, 0.717) is 16.5 Å². The van der Waals surface area contributed by atoms with Gasteiger partial charge < -0.3 is 15.5 Å². The van der Waals surface area contributed by atoms with E-state index >= 15 is 0 Å². The third kappa shape index (κ3) is 4.25. The molecule has 0 atom stereocenters. The highest BCUT2D eigenvalue weighted by atomic mass is 32.1. The molecule has 1 aromatic carbocycles. The van der Waals surface area contributed by atoms with Gasteiger partial charge in [0.05, 0.1) is 0 Å². The van der Waals surface area contributed by atoms with Crippen LogP contribution < -0.4 is 5.73 Å². The largest absolute Gasteiger partial charge is 0.389 e. The molecule has 2 rings (SSSR count). The van der Waals surface area contributed by atoms with Crippen LogP contribution in [0.15, 0.2) is 24.3 Å². The van der Waals surface area contributed by atoms with Crippen molar-refractivity contribution < 1.29 is 4.79 Å². The number of hydrogen-bond acceptors (Lipinski definition) is 3. The van der Waals surface area contributed by atoms with E-state index in [2.05, 4.69) is 11.9 Å². The molecule has 1 aliphatic rings. The van der Waals surface area contributed by atoms with E-state index in [1.165, 1.54) is 0 Å². The fraction of sp³-hybridized carbons (Fsp3) is 0.500. The molecule has 0 unspecified atom stereocenters. The summed E-state index contributed by atoms with van der Waals surface area (Å²) >= 11 is 4.92. The molecule has 21 heavy (non-hydrogen) atoms. The highest BCUT2D eigenvalue weighted by Crippen LogP contribution is 2.18. The molecule has 1 saturated heterocycles. The van der Waals surface area contributed by atoms with Gasteiger partial charge in [0.2, 0.25) is 0 Å². The highest BCUT2D eigenvalue weighted by molar-refractivity contribution is 7.80. The fourth-order valence-corrected chi connectivity index (χ4v) is 2.85. The van der Waals surface area contributed by atoms with Crippen LogP contribution in [-0.4, -0.2) is 54.4 Å². The van der Waals surface area contributed by atoms with Gasteiger partial charge >= 0.3 is 0 Å². The molecule has 1 amide bonds. The molecule has 1 aliphatic heterocycles. The summed E-state index contributed by atoms with van der Waals surface area (Å²) in [5.41, 5.74) is 7.04. The van der Waals surface area contributed by atoms with Crippen LogP contribution >= 0.6 is 12.2 Å². The van der Waals surface area contributed by atoms with Crippen molar-refractivity contribution in [3.8, 4) is 0 Å². The first kappa shape index (κ1) is 15.9. The minimum absolute atomic E-state index is 0.0587. The normalized spacial score (nSPS) is 16.7. The average Bonchev–Trinajstić information content (AvgIpc) is 2.49. The first-order valence-electron chi connectivity index (χ1n) is 7.31. The van der Waals surface area contributed by atoms with Crippen LogP contribution in [0.1, 0.15) is 28.8 Å². The van der Waals surface area contributed by atoms with Gasteiger partial charge in [-0.05, 0) is 51.0 Å². The number of nitrogens with two attached hydrogens (primary N) is 1. The van der Waals surface area contributed by atoms with Crippen LogP contribution in [0, 0.1) is 5.92 Å². The zero-order valence-corrected chi connectivity index (χ0v) is 13.5. The van der Waals surface area contributed by atoms with Crippen LogP contribution in [0.25, 0.3) is 0 Å². The second kappa shape index (κ2) is 7.00. The van der Waals surface area contributed by atoms with Crippen molar-refractivity contribution in [2.75, 3.05) is 33.7 Å². The summed E-state index contributed by atoms with van der Waals surface area (Å²) in [6.07, 6.45) is 2.32. The van der Waals surface area contributed by atoms with Crippen molar-refractivity contribution in [2.45, 2.75) is 12.8 Å². The number of rotatable bonds is 4. The summed E-state index contributed by atoms with van der Waals surface area (Å²) in [6, 6.07) is 7.20. The number of carbonyl (C=O) groups is 1. The predicted octanol–water partition coefficient (Wildman–Crippen LogP) is 1.73. The van der Waals surface area contributed by atoms with Crippen molar-refractivity contribution in [2.24, 2.45) is 11.7 Å². The number of amides is 1. The molecular formula is C16H23N3OS. The van der Waals surface area contributed by atoms with E-state index in [0.717, 1.165) is 38.0 Å². The second-order valence-corrected chi connectivity index (χ2v) is 6.31. The van der Waals surface area contributed by atoms with Gasteiger partial charge in [-0.3, -0.25) is 4.79 Å². The number of hydrogen-bond donors (Lipinski definition) is 1. The number of benzene rings is 1. The molecule has 0 aromatic heterocycles. The van der Waals surface area contributed by atoms with Crippen molar-refractivity contribution in [3.63, 3.8) is 0 Å². The Morgan fingerprint density at radius 3 is 2.33 bits per heavy atom. The maximum absolute atomic E-state index is 12.4. The zero-order chi connectivity index (χ0) is 15.4. The molecule has 4 nitrogen and oxygen atoms in total. The van der Waals surface area contributed by atoms with Crippen molar-refractivity contribution in [1.29, 1.82) is 0 Å². The van der Waals surface area contributed by atoms with Gasteiger partial charge in [-0.1, -0.05) is 24.4 Å². The quantitative estimate of drug-likeness (QED) is 0.861. The molecule has 2 N–H and O–H groups in total. The Morgan fingerprint density at radius 2 is 1.81 bits per heavy atom. The molecule has 1 fully saturated rings. The fourth-order valence-electron chi connectivity index (χ4n) is 2.71. The van der Waals surface area contributed by atoms with Gasteiger partial charge in [0.15, 0.2) is 0 Å². The molecule has 0 aliphatic carbocycles. The smallest absolute Gasteiger partial charge is 0.253 e. The maximum atomic E-state index is 12.4. The summed E-state index contributed by atoms with van der Waals surface area (Å²) < 4.78 is 0. The number of thiocarbonyl (C=S) groups is 1. The maximum Gasteiger partial charge on any atom is 0.253 e. The molecule has 1 aromatic rings. The Balaban J connectivity index is 1.94. The summed E-state index contributed by atoms with van der Waals surface area (Å²) in [5, 5.41) is 0. The summed E-state index contributed by atoms with van der Waals surface area (Å²) in [5.74, 6) is 0.662. The van der Waals surface area contributed by atoms with Gasteiger partial charge in [-0.15, -0.1) is 0 Å². The summed E-state index contributed by atoms with van der Waals surface area (Å²) in [6.45, 7) is 3.06. The van der Waals surface area contributed by atoms with Gasteiger partial charge in [0.1, 0.15) is 4.99 Å². The zero-order valence-electron chi connectivity index (χ0n) is 12.7. The van der Waals surface area contributed by atoms with E-state index < -0.39 is 0 Å². The number of likely N-dealkylation sites (tertiary alicyclic amines) is 1. The molecular weight excluding hydrogens is 282 g/mol. The molecule has 0 radical (unpaired) electrons. The molecule has 114 valence electrons. The van der Waals surface area contributed by atoms with Gasteiger partial charge in [0, 0.05) is 24.7 Å². The van der Waals surface area contributed by atoms with Gasteiger partial charge in [-0.25, -0.2) is 0 Å². The summed E-state index contributed by atoms with van der Waals surface area (Å²) in [4.78, 5) is 16.9. The number of piperidine rings is 1. The minimum Gasteiger partial charge on any atom is -0.389 e. The monoisotopic (exact) mass is 305 g/mol. The highest BCUT2D eigenvalue weighted by Gasteiger charge is 2.20. The summed E-state index contributed by atoms with van der Waals surface area (Å²) in [7, 11) is 4.02. The second-order valence-electron chi connectivity index (χ2n) is 5.87. The van der Waals surface area contributed by atoms with E-state index in [-0.39, 0.29) is 5.91 Å². The Hall–Kier alpha value is -1.46. The van der Waals surface area contributed by atoms with Gasteiger partial charge in [0.25, 0.3) is 5.91 Å². The Kier molecular flexibility index (Phi) is 5.31. The third-order valence-electron chi connectivity index (χ3n) is 4.13. The standard InChI is InChI=1S/C16H23N3OS/c1-18-9-7-12(8-10-18)11-19(2)16(20)14-5-3-13(4-6-14)15(17)21/h3-6,12H,7-11H2,1-2H3,(H2,17,21). The lowest BCUT2D eigenvalue weighted by atomic mass is 9.96. The van der Waals surface area contributed by atoms with E-state index in [4.69, 9.17) is 18.0 Å². The topological polar surface area (TPSA) is 49.6 Å². The lowest BCUT2D eigenvalue weighted by molar-refractivity contribution is 0.0747. The Labute approximate surface area is 131 Å². The molecule has 0 spiro atoms. The number of carbonyl (C=O) groups excluding carboxylic acids is 1. The van der Waals surface area contributed by atoms with Crippen LogP contribution in [0.3, 0.4) is 0 Å². The first-order valence-corrected chi connectivity index (χ1v) is 7.72. The van der Waals surface area contributed by atoms with Crippen LogP contribution in [-0.2, 0) is 0 Å². The SMILES string of the molecule is CN1CCC(CN(C)C(=O)c2ccc(C(N)=S)cc2)CC1. The third-order valence-corrected chi connectivity index (χ3v) is 4.37.